The van der Waals surface area contributed by atoms with Gasteiger partial charge in [0.2, 0.25) is 5.91 Å². The van der Waals surface area contributed by atoms with E-state index in [-0.39, 0.29) is 23.6 Å². The van der Waals surface area contributed by atoms with Gasteiger partial charge < -0.3 is 30.5 Å². The second-order valence-electron chi connectivity index (χ2n) is 9.65. The SMILES string of the molecule is CC(C)(C)OC(=O)NC(CS)C(=O)N(CCO)C(C(=O)Nc1ccc2ccccc2c1)c1ccccc1O. The average Bonchev–Trinajstić information content (AvgIpc) is 2.86. The first-order chi connectivity index (χ1) is 18.0. The molecule has 202 valence electrons. The molecule has 3 aromatic carbocycles. The van der Waals surface area contributed by atoms with Gasteiger partial charge in [-0.3, -0.25) is 9.59 Å². The van der Waals surface area contributed by atoms with Crippen LogP contribution in [0.2, 0.25) is 0 Å². The molecule has 0 radical (unpaired) electrons. The first-order valence-electron chi connectivity index (χ1n) is 12.1. The van der Waals surface area contributed by atoms with Crippen molar-refractivity contribution in [2.75, 3.05) is 24.2 Å². The lowest BCUT2D eigenvalue weighted by molar-refractivity contribution is -0.140. The number of hydrogen-bond acceptors (Lipinski definition) is 7. The van der Waals surface area contributed by atoms with Crippen LogP contribution >= 0.6 is 12.6 Å². The number of fused-ring (bicyclic) bond motifs is 1. The van der Waals surface area contributed by atoms with Crippen molar-refractivity contribution < 1.29 is 29.3 Å². The van der Waals surface area contributed by atoms with E-state index < -0.39 is 42.2 Å². The summed E-state index contributed by atoms with van der Waals surface area (Å²) in [6, 6.07) is 16.7. The zero-order chi connectivity index (χ0) is 27.9. The van der Waals surface area contributed by atoms with Gasteiger partial charge in [0.1, 0.15) is 23.4 Å². The molecule has 2 atom stereocenters. The fourth-order valence-corrected chi connectivity index (χ4v) is 4.20. The zero-order valence-corrected chi connectivity index (χ0v) is 22.4. The molecule has 0 aliphatic carbocycles. The highest BCUT2D eigenvalue weighted by Gasteiger charge is 2.37. The third-order valence-corrected chi connectivity index (χ3v) is 5.97. The number of rotatable bonds is 9. The number of phenols is 1. The number of aliphatic hydroxyl groups excluding tert-OH is 1. The molecule has 9 nitrogen and oxygen atoms in total. The Bertz CT molecular complexity index is 1290. The van der Waals surface area contributed by atoms with E-state index in [0.717, 1.165) is 15.7 Å². The monoisotopic (exact) mass is 539 g/mol. The molecule has 38 heavy (non-hydrogen) atoms. The number of thiol groups is 1. The minimum absolute atomic E-state index is 0.0974. The van der Waals surface area contributed by atoms with Crippen LogP contribution in [0, 0.1) is 0 Å². The van der Waals surface area contributed by atoms with Crippen molar-refractivity contribution in [3.05, 3.63) is 72.3 Å². The lowest BCUT2D eigenvalue weighted by Crippen LogP contribution is -2.53. The Kier molecular flexibility index (Phi) is 9.60. The highest BCUT2D eigenvalue weighted by molar-refractivity contribution is 7.80. The smallest absolute Gasteiger partial charge is 0.408 e. The fourth-order valence-electron chi connectivity index (χ4n) is 3.96. The first kappa shape index (κ1) is 28.8. The van der Waals surface area contributed by atoms with Gasteiger partial charge in [-0.2, -0.15) is 12.6 Å². The number of carbonyl (C=O) groups excluding carboxylic acids is 3. The highest BCUT2D eigenvalue weighted by Crippen LogP contribution is 2.31. The molecule has 0 fully saturated rings. The minimum Gasteiger partial charge on any atom is -0.508 e. The quantitative estimate of drug-likeness (QED) is 0.263. The number of phenolic OH excluding ortho intramolecular Hbond substituents is 1. The molecule has 4 N–H and O–H groups in total. The Morgan fingerprint density at radius 2 is 1.66 bits per heavy atom. The van der Waals surface area contributed by atoms with Gasteiger partial charge in [0.05, 0.1) is 6.61 Å². The molecule has 0 bridgehead atoms. The molecule has 0 saturated carbocycles. The minimum atomic E-state index is -1.33. The van der Waals surface area contributed by atoms with Crippen LogP contribution in [0.5, 0.6) is 5.75 Å². The van der Waals surface area contributed by atoms with Crippen LogP contribution in [0.1, 0.15) is 32.4 Å². The van der Waals surface area contributed by atoms with Crippen LogP contribution in [-0.2, 0) is 14.3 Å². The second-order valence-corrected chi connectivity index (χ2v) is 10.0. The first-order valence-corrected chi connectivity index (χ1v) is 12.8. The van der Waals surface area contributed by atoms with Gasteiger partial charge in [-0.25, -0.2) is 4.79 Å². The maximum atomic E-state index is 13.7. The molecular weight excluding hydrogens is 506 g/mol. The van der Waals surface area contributed by atoms with Gasteiger partial charge in [0.15, 0.2) is 0 Å². The molecular formula is C28H33N3O6S. The van der Waals surface area contributed by atoms with E-state index in [1.54, 1.807) is 45.0 Å². The van der Waals surface area contributed by atoms with Crippen molar-refractivity contribution in [2.45, 2.75) is 38.5 Å². The van der Waals surface area contributed by atoms with Crippen molar-refractivity contribution in [3.63, 3.8) is 0 Å². The summed E-state index contributed by atoms with van der Waals surface area (Å²) in [7, 11) is 0. The van der Waals surface area contributed by atoms with E-state index in [2.05, 4.69) is 23.3 Å². The van der Waals surface area contributed by atoms with Gasteiger partial charge in [-0.15, -0.1) is 0 Å². The molecule has 2 unspecified atom stereocenters. The maximum Gasteiger partial charge on any atom is 0.408 e. The topological polar surface area (TPSA) is 128 Å². The van der Waals surface area contributed by atoms with E-state index >= 15 is 0 Å². The van der Waals surface area contributed by atoms with Crippen LogP contribution < -0.4 is 10.6 Å². The van der Waals surface area contributed by atoms with Gasteiger partial charge in [0.25, 0.3) is 5.91 Å². The summed E-state index contributed by atoms with van der Waals surface area (Å²) in [6.07, 6.45) is -0.825. The zero-order valence-electron chi connectivity index (χ0n) is 21.5. The Balaban J connectivity index is 1.97. The highest BCUT2D eigenvalue weighted by atomic mass is 32.1. The Labute approximate surface area is 227 Å². The van der Waals surface area contributed by atoms with E-state index in [1.807, 2.05) is 30.3 Å². The average molecular weight is 540 g/mol. The predicted molar refractivity (Wildman–Crippen MR) is 149 cm³/mol. The molecule has 3 aromatic rings. The number of benzene rings is 3. The van der Waals surface area contributed by atoms with Gasteiger partial charge >= 0.3 is 6.09 Å². The molecule has 3 amide bonds. The summed E-state index contributed by atoms with van der Waals surface area (Å²) in [6.45, 7) is 4.35. The molecule has 0 heterocycles. The largest absolute Gasteiger partial charge is 0.508 e. The molecule has 0 aliphatic rings. The van der Waals surface area contributed by atoms with Crippen LogP contribution in [0.3, 0.4) is 0 Å². The second kappa shape index (κ2) is 12.7. The number of amides is 3. The number of hydrogen-bond donors (Lipinski definition) is 5. The lowest BCUT2D eigenvalue weighted by atomic mass is 10.0. The van der Waals surface area contributed by atoms with E-state index in [1.165, 1.54) is 12.1 Å². The van der Waals surface area contributed by atoms with Gasteiger partial charge in [0, 0.05) is 23.5 Å². The number of aromatic hydroxyl groups is 1. The van der Waals surface area contributed by atoms with Crippen LogP contribution in [0.15, 0.2) is 66.7 Å². The fraction of sp³-hybridized carbons (Fsp3) is 0.321. The molecule has 0 aromatic heterocycles. The summed E-state index contributed by atoms with van der Waals surface area (Å²) in [5, 5.41) is 27.6. The third kappa shape index (κ3) is 7.39. The summed E-state index contributed by atoms with van der Waals surface area (Å²) < 4.78 is 5.26. The molecule has 0 saturated heterocycles. The van der Waals surface area contributed by atoms with Crippen molar-refractivity contribution in [1.29, 1.82) is 0 Å². The number of nitrogens with zero attached hydrogens (tertiary/aromatic N) is 1. The maximum absolute atomic E-state index is 13.7. The van der Waals surface area contributed by atoms with Crippen molar-refractivity contribution in [2.24, 2.45) is 0 Å². The number of anilines is 1. The van der Waals surface area contributed by atoms with Gasteiger partial charge in [-0.05, 0) is 49.7 Å². The number of ether oxygens (including phenoxy) is 1. The van der Waals surface area contributed by atoms with Crippen LogP contribution in [0.25, 0.3) is 10.8 Å². The van der Waals surface area contributed by atoms with E-state index in [4.69, 9.17) is 4.74 Å². The number of carbonyl (C=O) groups is 3. The Hall–Kier alpha value is -3.76. The van der Waals surface area contributed by atoms with Crippen LogP contribution in [0.4, 0.5) is 10.5 Å². The number of aliphatic hydroxyl groups is 1. The molecule has 10 heteroatoms. The summed E-state index contributed by atoms with van der Waals surface area (Å²) >= 11 is 4.22. The summed E-state index contributed by atoms with van der Waals surface area (Å²) in [4.78, 5) is 40.9. The standard InChI is InChI=1S/C28H33N3O6S/c1-28(2,3)37-27(36)30-22(17-38)26(35)31(14-15-32)24(21-10-6-7-11-23(21)33)25(34)29-20-13-12-18-8-4-5-9-19(18)16-20/h4-13,16,22,24,32-33,38H,14-15,17H2,1-3H3,(H,29,34)(H,30,36). The third-order valence-electron chi connectivity index (χ3n) is 5.60. The number of para-hydroxylation sites is 1. The van der Waals surface area contributed by atoms with E-state index in [0.29, 0.717) is 5.69 Å². The van der Waals surface area contributed by atoms with Crippen molar-refractivity contribution in [3.8, 4) is 5.75 Å². The van der Waals surface area contributed by atoms with Gasteiger partial charge in [-0.1, -0.05) is 48.5 Å². The molecule has 3 rings (SSSR count). The molecule has 0 aliphatic heterocycles. The molecule has 0 spiro atoms. The van der Waals surface area contributed by atoms with Crippen molar-refractivity contribution in [1.82, 2.24) is 10.2 Å². The number of alkyl carbamates (subject to hydrolysis) is 1. The summed E-state index contributed by atoms with van der Waals surface area (Å²) in [5.74, 6) is -1.59. The van der Waals surface area contributed by atoms with Crippen molar-refractivity contribution >= 4 is 47.0 Å². The van der Waals surface area contributed by atoms with E-state index in [9.17, 15) is 24.6 Å². The number of nitrogens with one attached hydrogen (secondary N) is 2. The Morgan fingerprint density at radius 1 is 1.00 bits per heavy atom. The Morgan fingerprint density at radius 3 is 2.29 bits per heavy atom. The lowest BCUT2D eigenvalue weighted by Gasteiger charge is -2.34. The summed E-state index contributed by atoms with van der Waals surface area (Å²) in [5.41, 5.74) is -0.150. The normalized spacial score (nSPS) is 12.9. The predicted octanol–water partition coefficient (Wildman–Crippen LogP) is 3.87. The van der Waals surface area contributed by atoms with Crippen LogP contribution in [-0.4, -0.2) is 63.6 Å².